The molecule has 10 nitrogen and oxygen atoms in total. The van der Waals surface area contributed by atoms with Crippen LogP contribution in [0.3, 0.4) is 0 Å². The summed E-state index contributed by atoms with van der Waals surface area (Å²) in [5, 5.41) is 1.06. The third kappa shape index (κ3) is 8.06. The molecule has 8 N–H and O–H groups in total. The first-order valence-electron chi connectivity index (χ1n) is 3.62. The van der Waals surface area contributed by atoms with Crippen LogP contribution in [0.1, 0.15) is 2.85 Å². The number of rotatable bonds is 2. The van der Waals surface area contributed by atoms with Crippen molar-refractivity contribution in [3.05, 3.63) is 0 Å². The van der Waals surface area contributed by atoms with Crippen molar-refractivity contribution in [2.45, 2.75) is 10.7 Å². The van der Waals surface area contributed by atoms with E-state index in [9.17, 15) is 16.8 Å². The molecule has 1 rings (SSSR count). The molecule has 1 fully saturated rings. The Kier molecular flexibility index (Phi) is 16.1. The second-order valence-corrected chi connectivity index (χ2v) is 5.86. The van der Waals surface area contributed by atoms with Crippen molar-refractivity contribution >= 4 is 20.2 Å². The van der Waals surface area contributed by atoms with Crippen molar-refractivity contribution in [3.63, 3.8) is 0 Å². The largest absolute Gasteiger partial charge is 1.00 e. The molecule has 104 valence electrons. The first kappa shape index (κ1) is 27.9. The van der Waals surface area contributed by atoms with Crippen LogP contribution in [-0.2, 0) is 20.2 Å². The zero-order valence-corrected chi connectivity index (χ0v) is 15.5. The number of hydrogen-bond acceptors (Lipinski definition) is 6. The van der Waals surface area contributed by atoms with E-state index in [1.807, 2.05) is 0 Å². The van der Waals surface area contributed by atoms with Crippen LogP contribution in [-0.4, -0.2) is 60.7 Å². The summed E-state index contributed by atoms with van der Waals surface area (Å²) in [4.78, 5) is 0. The SMILES string of the molecule is O.O.O=S(=O)(O)C1NCCNC1S(=O)(=O)O.[H-].[H-].[Na+].[Na+]. The van der Waals surface area contributed by atoms with E-state index in [0.29, 0.717) is 0 Å². The van der Waals surface area contributed by atoms with Crippen molar-refractivity contribution in [2.75, 3.05) is 13.1 Å². The minimum atomic E-state index is -4.57. The predicted molar refractivity (Wildman–Crippen MR) is 56.1 cm³/mol. The van der Waals surface area contributed by atoms with E-state index in [-0.39, 0.29) is 86.0 Å². The third-order valence-corrected chi connectivity index (χ3v) is 4.07. The maximum Gasteiger partial charge on any atom is 1.00 e. The summed E-state index contributed by atoms with van der Waals surface area (Å²) in [6, 6.07) is 0. The zero-order chi connectivity index (χ0) is 11.0. The van der Waals surface area contributed by atoms with Gasteiger partial charge in [-0.1, -0.05) is 0 Å². The minimum Gasteiger partial charge on any atom is -1.00 e. The number of hydrogen-bond donors (Lipinski definition) is 4. The van der Waals surface area contributed by atoms with Gasteiger partial charge in [0.25, 0.3) is 20.2 Å². The van der Waals surface area contributed by atoms with Gasteiger partial charge in [-0.15, -0.1) is 0 Å². The Morgan fingerprint density at radius 3 is 1.22 bits per heavy atom. The smallest absolute Gasteiger partial charge is 1.00 e. The van der Waals surface area contributed by atoms with Crippen LogP contribution in [0.15, 0.2) is 0 Å². The summed E-state index contributed by atoms with van der Waals surface area (Å²) >= 11 is 0. The number of nitrogens with one attached hydrogen (secondary N) is 2. The van der Waals surface area contributed by atoms with Gasteiger partial charge in [0.05, 0.1) is 0 Å². The van der Waals surface area contributed by atoms with E-state index < -0.39 is 31.0 Å². The monoisotopic (exact) mass is 330 g/mol. The molecule has 0 radical (unpaired) electrons. The second-order valence-electron chi connectivity index (χ2n) is 2.78. The van der Waals surface area contributed by atoms with Crippen LogP contribution in [0, 0.1) is 0 Å². The zero-order valence-electron chi connectivity index (χ0n) is 11.9. The second kappa shape index (κ2) is 10.4. The molecule has 2 atom stereocenters. The maximum atomic E-state index is 10.7. The van der Waals surface area contributed by atoms with Crippen molar-refractivity contribution in [3.8, 4) is 0 Å². The van der Waals surface area contributed by atoms with Crippen LogP contribution >= 0.6 is 0 Å². The summed E-state index contributed by atoms with van der Waals surface area (Å²) in [5.74, 6) is 0. The topological polar surface area (TPSA) is 196 Å². The van der Waals surface area contributed by atoms with Crippen molar-refractivity contribution in [2.24, 2.45) is 0 Å². The fraction of sp³-hybridized carbons (Fsp3) is 1.00. The van der Waals surface area contributed by atoms with Gasteiger partial charge in [-0.3, -0.25) is 19.7 Å². The van der Waals surface area contributed by atoms with Crippen molar-refractivity contribution < 1.29 is 98.9 Å². The van der Waals surface area contributed by atoms with Crippen molar-refractivity contribution in [1.82, 2.24) is 10.6 Å². The standard InChI is InChI=1S/C4H10N2O6S2.2Na.2H2O.2H/c7-13(8,9)3-4(14(10,11)12)6-2-1-5-3;;;;;;/h3-6H,1-2H2,(H,7,8,9)(H,10,11,12);;;2*1H2;;/q;2*+1;;;2*-1. The first-order chi connectivity index (χ1) is 6.23. The molecule has 1 aliphatic heterocycles. The summed E-state index contributed by atoms with van der Waals surface area (Å²) in [7, 11) is -9.14. The van der Waals surface area contributed by atoms with Gasteiger partial charge in [-0.2, -0.15) is 16.8 Å². The normalized spacial score (nSPS) is 23.4. The van der Waals surface area contributed by atoms with Gasteiger partial charge in [-0.05, 0) is 0 Å². The Morgan fingerprint density at radius 2 is 1.06 bits per heavy atom. The van der Waals surface area contributed by atoms with Crippen LogP contribution in [0.4, 0.5) is 0 Å². The molecule has 0 aromatic heterocycles. The Morgan fingerprint density at radius 1 is 0.833 bits per heavy atom. The first-order valence-corrected chi connectivity index (χ1v) is 6.63. The maximum absolute atomic E-state index is 10.7. The number of piperazine rings is 1. The molecule has 1 aliphatic rings. The molecule has 2 unspecified atom stereocenters. The fourth-order valence-corrected chi connectivity index (χ4v) is 3.48. The Labute approximate surface area is 152 Å². The van der Waals surface area contributed by atoms with E-state index in [4.69, 9.17) is 9.11 Å². The Bertz CT molecular complexity index is 380. The quantitative estimate of drug-likeness (QED) is 0.283. The molecule has 0 spiro atoms. The Hall–Kier alpha value is 1.66. The summed E-state index contributed by atoms with van der Waals surface area (Å²) in [6.45, 7) is 0.354. The van der Waals surface area contributed by atoms with Gasteiger partial charge in [0.1, 0.15) is 0 Å². The average molecular weight is 330 g/mol. The van der Waals surface area contributed by atoms with Gasteiger partial charge < -0.3 is 13.8 Å². The van der Waals surface area contributed by atoms with E-state index in [0.717, 1.165) is 0 Å². The van der Waals surface area contributed by atoms with Crippen molar-refractivity contribution in [1.29, 1.82) is 0 Å². The molecular weight excluding hydrogens is 314 g/mol. The summed E-state index contributed by atoms with van der Waals surface area (Å²) < 4.78 is 60.2. The van der Waals surface area contributed by atoms with E-state index in [2.05, 4.69) is 10.6 Å². The molecule has 0 aromatic rings. The minimum absolute atomic E-state index is 0. The van der Waals surface area contributed by atoms with Crippen LogP contribution in [0.25, 0.3) is 0 Å². The Balaban J connectivity index is -0.0000000817. The molecule has 1 heterocycles. The van der Waals surface area contributed by atoms with Gasteiger partial charge in [-0.25, -0.2) is 0 Å². The molecule has 1 saturated heterocycles. The van der Waals surface area contributed by atoms with Crippen LogP contribution in [0.2, 0.25) is 0 Å². The van der Waals surface area contributed by atoms with E-state index >= 15 is 0 Å². The molecule has 0 bridgehead atoms. The summed E-state index contributed by atoms with van der Waals surface area (Å²) in [5.41, 5.74) is 0. The molecule has 0 saturated carbocycles. The molecule has 14 heteroatoms. The van der Waals surface area contributed by atoms with E-state index in [1.54, 1.807) is 0 Å². The summed E-state index contributed by atoms with van der Waals surface area (Å²) in [6.07, 6.45) is 0. The molecule has 0 aliphatic carbocycles. The average Bonchev–Trinajstić information content (AvgIpc) is 2.01. The molecule has 18 heavy (non-hydrogen) atoms. The van der Waals surface area contributed by atoms with Crippen LogP contribution < -0.4 is 69.7 Å². The fourth-order valence-electron chi connectivity index (χ4n) is 1.17. The predicted octanol–water partition coefficient (Wildman–Crippen LogP) is -9.81. The third-order valence-electron chi connectivity index (χ3n) is 1.73. The van der Waals surface area contributed by atoms with Gasteiger partial charge in [0, 0.05) is 13.1 Å². The van der Waals surface area contributed by atoms with Gasteiger partial charge >= 0.3 is 59.1 Å². The van der Waals surface area contributed by atoms with Crippen LogP contribution in [0.5, 0.6) is 0 Å². The van der Waals surface area contributed by atoms with E-state index in [1.165, 1.54) is 0 Å². The van der Waals surface area contributed by atoms with Gasteiger partial charge in [0.2, 0.25) is 0 Å². The molecule has 0 aromatic carbocycles. The van der Waals surface area contributed by atoms with Gasteiger partial charge in [0.15, 0.2) is 10.7 Å². The molecule has 0 amide bonds. The molecular formula is C4H16N2Na2O8S2.